The lowest BCUT2D eigenvalue weighted by molar-refractivity contribution is 0.0953. The number of ether oxygens (including phenoxy) is 1. The van der Waals surface area contributed by atoms with E-state index in [0.717, 1.165) is 24.2 Å². The van der Waals surface area contributed by atoms with Crippen LogP contribution in [0.25, 0.3) is 0 Å². The Morgan fingerprint density at radius 1 is 1.19 bits per heavy atom. The first-order valence-electron chi connectivity index (χ1n) is 6.86. The SMILES string of the molecule is COc1ccccc1CCCNC(=O)c1cccc(Cl)c1. The molecule has 0 radical (unpaired) electrons. The molecule has 1 amide bonds. The number of nitrogens with one attached hydrogen (secondary N) is 1. The summed E-state index contributed by atoms with van der Waals surface area (Å²) in [4.78, 5) is 11.9. The van der Waals surface area contributed by atoms with Crippen molar-refractivity contribution in [3.8, 4) is 5.75 Å². The highest BCUT2D eigenvalue weighted by atomic mass is 35.5. The molecule has 0 heterocycles. The minimum absolute atomic E-state index is 0.0995. The van der Waals surface area contributed by atoms with E-state index in [-0.39, 0.29) is 5.91 Å². The van der Waals surface area contributed by atoms with Crippen LogP contribution in [0.4, 0.5) is 0 Å². The van der Waals surface area contributed by atoms with E-state index in [2.05, 4.69) is 5.32 Å². The highest BCUT2D eigenvalue weighted by Gasteiger charge is 2.06. The number of methoxy groups -OCH3 is 1. The Balaban J connectivity index is 1.81. The summed E-state index contributed by atoms with van der Waals surface area (Å²) in [6, 6.07) is 14.9. The molecule has 0 saturated heterocycles. The lowest BCUT2D eigenvalue weighted by Crippen LogP contribution is -2.24. The molecular weight excluding hydrogens is 286 g/mol. The van der Waals surface area contributed by atoms with E-state index in [1.54, 1.807) is 31.4 Å². The van der Waals surface area contributed by atoms with Crippen LogP contribution in [0, 0.1) is 0 Å². The van der Waals surface area contributed by atoms with E-state index in [1.165, 1.54) is 0 Å². The van der Waals surface area contributed by atoms with Crippen molar-refractivity contribution in [2.45, 2.75) is 12.8 Å². The normalized spacial score (nSPS) is 10.2. The monoisotopic (exact) mass is 303 g/mol. The van der Waals surface area contributed by atoms with Crippen molar-refractivity contribution in [3.63, 3.8) is 0 Å². The van der Waals surface area contributed by atoms with Crippen molar-refractivity contribution >= 4 is 17.5 Å². The first kappa shape index (κ1) is 15.4. The van der Waals surface area contributed by atoms with E-state index in [9.17, 15) is 4.79 Å². The number of carbonyl (C=O) groups is 1. The van der Waals surface area contributed by atoms with Crippen LogP contribution in [-0.4, -0.2) is 19.6 Å². The maximum atomic E-state index is 11.9. The molecule has 0 aliphatic heterocycles. The van der Waals surface area contributed by atoms with Gasteiger partial charge in [0.05, 0.1) is 7.11 Å². The summed E-state index contributed by atoms with van der Waals surface area (Å²) in [5.74, 6) is 0.788. The number of amides is 1. The number of aryl methyl sites for hydroxylation is 1. The Labute approximate surface area is 129 Å². The van der Waals surface area contributed by atoms with E-state index in [1.807, 2.05) is 24.3 Å². The van der Waals surface area contributed by atoms with Gasteiger partial charge >= 0.3 is 0 Å². The van der Waals surface area contributed by atoms with Gasteiger partial charge in [-0.1, -0.05) is 35.9 Å². The van der Waals surface area contributed by atoms with Crippen molar-refractivity contribution in [2.75, 3.05) is 13.7 Å². The molecule has 0 aromatic heterocycles. The zero-order chi connectivity index (χ0) is 15.1. The van der Waals surface area contributed by atoms with Crippen LogP contribution in [0.3, 0.4) is 0 Å². The van der Waals surface area contributed by atoms with Gasteiger partial charge in [0.2, 0.25) is 0 Å². The molecule has 2 aromatic carbocycles. The molecule has 21 heavy (non-hydrogen) atoms. The first-order chi connectivity index (χ1) is 10.2. The molecule has 0 saturated carbocycles. The van der Waals surface area contributed by atoms with Crippen molar-refractivity contribution in [2.24, 2.45) is 0 Å². The third kappa shape index (κ3) is 4.50. The van der Waals surface area contributed by atoms with Gasteiger partial charge in [0.25, 0.3) is 5.91 Å². The zero-order valence-corrected chi connectivity index (χ0v) is 12.7. The van der Waals surface area contributed by atoms with Gasteiger partial charge in [-0.05, 0) is 42.7 Å². The third-order valence-corrected chi connectivity index (χ3v) is 3.42. The van der Waals surface area contributed by atoms with Crippen LogP contribution >= 0.6 is 11.6 Å². The van der Waals surface area contributed by atoms with E-state index in [4.69, 9.17) is 16.3 Å². The Bertz CT molecular complexity index is 613. The van der Waals surface area contributed by atoms with Gasteiger partial charge in [0.15, 0.2) is 0 Å². The largest absolute Gasteiger partial charge is 0.496 e. The number of rotatable bonds is 6. The van der Waals surface area contributed by atoms with E-state index < -0.39 is 0 Å². The van der Waals surface area contributed by atoms with Gasteiger partial charge in [-0.15, -0.1) is 0 Å². The number of hydrogen-bond donors (Lipinski definition) is 1. The fraction of sp³-hybridized carbons (Fsp3) is 0.235. The fourth-order valence-electron chi connectivity index (χ4n) is 2.12. The average Bonchev–Trinajstić information content (AvgIpc) is 2.51. The van der Waals surface area contributed by atoms with Gasteiger partial charge < -0.3 is 10.1 Å². The molecule has 0 spiro atoms. The van der Waals surface area contributed by atoms with Crippen molar-refractivity contribution in [1.82, 2.24) is 5.32 Å². The van der Waals surface area contributed by atoms with Crippen LogP contribution < -0.4 is 10.1 Å². The van der Waals surface area contributed by atoms with Gasteiger partial charge in [-0.3, -0.25) is 4.79 Å². The summed E-state index contributed by atoms with van der Waals surface area (Å²) in [6.45, 7) is 0.614. The predicted molar refractivity (Wildman–Crippen MR) is 85.1 cm³/mol. The third-order valence-electron chi connectivity index (χ3n) is 3.19. The number of benzene rings is 2. The lowest BCUT2D eigenvalue weighted by Gasteiger charge is -2.09. The summed E-state index contributed by atoms with van der Waals surface area (Å²) in [7, 11) is 1.67. The standard InChI is InChI=1S/C17H18ClNO2/c1-21-16-10-3-2-6-13(16)8-5-11-19-17(20)14-7-4-9-15(18)12-14/h2-4,6-7,9-10,12H,5,8,11H2,1H3,(H,19,20). The van der Waals surface area contributed by atoms with Crippen LogP contribution in [0.1, 0.15) is 22.3 Å². The molecule has 0 aliphatic carbocycles. The molecule has 2 aromatic rings. The van der Waals surface area contributed by atoms with Crippen LogP contribution in [0.5, 0.6) is 5.75 Å². The summed E-state index contributed by atoms with van der Waals surface area (Å²) in [5, 5.41) is 3.46. The molecule has 0 aliphatic rings. The number of carbonyl (C=O) groups excluding carboxylic acids is 1. The highest BCUT2D eigenvalue weighted by Crippen LogP contribution is 2.18. The Morgan fingerprint density at radius 3 is 2.76 bits per heavy atom. The summed E-state index contributed by atoms with van der Waals surface area (Å²) < 4.78 is 5.30. The maximum absolute atomic E-state index is 11.9. The van der Waals surface area contributed by atoms with Crippen molar-refractivity contribution < 1.29 is 9.53 Å². The summed E-state index contributed by atoms with van der Waals surface area (Å²) in [6.07, 6.45) is 1.71. The molecule has 0 unspecified atom stereocenters. The molecule has 4 heteroatoms. The maximum Gasteiger partial charge on any atom is 0.251 e. The molecule has 0 atom stereocenters. The quantitative estimate of drug-likeness (QED) is 0.826. The molecule has 3 nitrogen and oxygen atoms in total. The topological polar surface area (TPSA) is 38.3 Å². The first-order valence-corrected chi connectivity index (χ1v) is 7.24. The second kappa shape index (κ2) is 7.70. The second-order valence-corrected chi connectivity index (χ2v) is 5.12. The molecule has 110 valence electrons. The van der Waals surface area contributed by atoms with E-state index >= 15 is 0 Å². The van der Waals surface area contributed by atoms with Crippen LogP contribution in [0.2, 0.25) is 5.02 Å². The number of halogens is 1. The minimum Gasteiger partial charge on any atom is -0.496 e. The molecule has 1 N–H and O–H groups in total. The minimum atomic E-state index is -0.0995. The second-order valence-electron chi connectivity index (χ2n) is 4.68. The fourth-order valence-corrected chi connectivity index (χ4v) is 2.31. The average molecular weight is 304 g/mol. The van der Waals surface area contributed by atoms with Gasteiger partial charge in [-0.25, -0.2) is 0 Å². The van der Waals surface area contributed by atoms with Gasteiger partial charge in [-0.2, -0.15) is 0 Å². The smallest absolute Gasteiger partial charge is 0.251 e. The molecular formula is C17H18ClNO2. The molecule has 0 fully saturated rings. The van der Waals surface area contributed by atoms with Gasteiger partial charge in [0, 0.05) is 17.1 Å². The van der Waals surface area contributed by atoms with Crippen LogP contribution in [-0.2, 0) is 6.42 Å². The highest BCUT2D eigenvalue weighted by molar-refractivity contribution is 6.30. The molecule has 0 bridgehead atoms. The van der Waals surface area contributed by atoms with Gasteiger partial charge in [0.1, 0.15) is 5.75 Å². The Hall–Kier alpha value is -2.00. The predicted octanol–water partition coefficient (Wildman–Crippen LogP) is 3.71. The summed E-state index contributed by atoms with van der Waals surface area (Å²) >= 11 is 5.87. The van der Waals surface area contributed by atoms with E-state index in [0.29, 0.717) is 17.1 Å². The Morgan fingerprint density at radius 2 is 2.00 bits per heavy atom. The zero-order valence-electron chi connectivity index (χ0n) is 11.9. The van der Waals surface area contributed by atoms with Crippen molar-refractivity contribution in [1.29, 1.82) is 0 Å². The number of hydrogen-bond acceptors (Lipinski definition) is 2. The van der Waals surface area contributed by atoms with Crippen LogP contribution in [0.15, 0.2) is 48.5 Å². The van der Waals surface area contributed by atoms with Crippen molar-refractivity contribution in [3.05, 3.63) is 64.7 Å². The number of para-hydroxylation sites is 1. The summed E-state index contributed by atoms with van der Waals surface area (Å²) in [5.41, 5.74) is 1.73. The molecule has 2 rings (SSSR count). The Kier molecular flexibility index (Phi) is 5.64. The lowest BCUT2D eigenvalue weighted by atomic mass is 10.1.